The molecule has 0 bridgehead atoms. The number of rotatable bonds is 1. The van der Waals surface area contributed by atoms with Crippen LogP contribution in [0.4, 0.5) is 4.39 Å². The normalized spacial score (nSPS) is 16.7. The molecule has 2 aliphatic rings. The Morgan fingerprint density at radius 1 is 1.14 bits per heavy atom. The predicted molar refractivity (Wildman–Crippen MR) is 91.5 cm³/mol. The highest BCUT2D eigenvalue weighted by Crippen LogP contribution is 2.39. The van der Waals surface area contributed by atoms with Gasteiger partial charge in [0.25, 0.3) is 0 Å². The Balaban J connectivity index is 0.000000693. The van der Waals surface area contributed by atoms with Crippen LogP contribution in [-0.2, 0) is 13.0 Å². The number of nitrogens with two attached hydrogens (primary N) is 1. The zero-order valence-electron chi connectivity index (χ0n) is 13.3. The standard InChI is InChI=1S/C18H18FN.CH5N/c1-12-8-9-13-5-4-10-20-11-15(17(12)18(13)20)14-6-2-3-7-16(14)19;1-2/h6-9,11H,2-5,10H2,1H3;2H2,1H3. The summed E-state index contributed by atoms with van der Waals surface area (Å²) in [5, 5.41) is 1.25. The van der Waals surface area contributed by atoms with E-state index < -0.39 is 0 Å². The van der Waals surface area contributed by atoms with Crippen molar-refractivity contribution in [1.29, 1.82) is 0 Å². The summed E-state index contributed by atoms with van der Waals surface area (Å²) in [6, 6.07) is 4.42. The predicted octanol–water partition coefficient (Wildman–Crippen LogP) is 4.50. The molecule has 1 aromatic carbocycles. The second kappa shape index (κ2) is 6.09. The number of benzene rings is 1. The first-order valence-electron chi connectivity index (χ1n) is 8.01. The number of aryl methyl sites for hydroxylation is 3. The molecule has 0 spiro atoms. The lowest BCUT2D eigenvalue weighted by atomic mass is 9.94. The first-order valence-corrected chi connectivity index (χ1v) is 8.01. The first-order chi connectivity index (χ1) is 10.8. The van der Waals surface area contributed by atoms with E-state index in [0.717, 1.165) is 36.9 Å². The average molecular weight is 298 g/mol. The third kappa shape index (κ3) is 2.30. The molecular weight excluding hydrogens is 275 g/mol. The minimum absolute atomic E-state index is 0.0562. The van der Waals surface area contributed by atoms with Crippen LogP contribution in [0.2, 0.25) is 0 Å². The van der Waals surface area contributed by atoms with Gasteiger partial charge in [0.1, 0.15) is 5.83 Å². The third-order valence-corrected chi connectivity index (χ3v) is 4.54. The van der Waals surface area contributed by atoms with Gasteiger partial charge < -0.3 is 10.3 Å². The average Bonchev–Trinajstić information content (AvgIpc) is 2.95. The quantitative estimate of drug-likeness (QED) is 0.825. The van der Waals surface area contributed by atoms with Crippen molar-refractivity contribution in [3.8, 4) is 0 Å². The van der Waals surface area contributed by atoms with Crippen LogP contribution in [0.15, 0.2) is 36.3 Å². The van der Waals surface area contributed by atoms with Gasteiger partial charge in [0, 0.05) is 29.3 Å². The molecule has 2 heterocycles. The van der Waals surface area contributed by atoms with Gasteiger partial charge in [0.15, 0.2) is 0 Å². The minimum Gasteiger partial charge on any atom is -0.347 e. The van der Waals surface area contributed by atoms with Crippen LogP contribution in [0.3, 0.4) is 0 Å². The fourth-order valence-electron chi connectivity index (χ4n) is 3.59. The van der Waals surface area contributed by atoms with Crippen molar-refractivity contribution >= 4 is 16.5 Å². The van der Waals surface area contributed by atoms with Crippen molar-refractivity contribution in [2.75, 3.05) is 7.05 Å². The Morgan fingerprint density at radius 2 is 1.91 bits per heavy atom. The van der Waals surface area contributed by atoms with Crippen molar-refractivity contribution in [1.82, 2.24) is 4.57 Å². The molecule has 22 heavy (non-hydrogen) atoms. The molecule has 2 aromatic rings. The van der Waals surface area contributed by atoms with E-state index in [2.05, 4.69) is 41.6 Å². The monoisotopic (exact) mass is 298 g/mol. The van der Waals surface area contributed by atoms with Crippen LogP contribution in [0.25, 0.3) is 16.5 Å². The van der Waals surface area contributed by atoms with Crippen molar-refractivity contribution in [3.05, 3.63) is 53.0 Å². The molecule has 0 radical (unpaired) electrons. The number of nitrogens with zero attached hydrogens (tertiary/aromatic N) is 1. The number of aromatic nitrogens is 1. The maximum absolute atomic E-state index is 14.2. The third-order valence-electron chi connectivity index (χ3n) is 4.54. The maximum atomic E-state index is 14.2. The van der Waals surface area contributed by atoms with Gasteiger partial charge in [-0.05, 0) is 56.9 Å². The molecule has 4 rings (SSSR count). The molecule has 1 aliphatic heterocycles. The van der Waals surface area contributed by atoms with E-state index in [4.69, 9.17) is 0 Å². The summed E-state index contributed by atoms with van der Waals surface area (Å²) in [6.07, 6.45) is 10.0. The van der Waals surface area contributed by atoms with Crippen molar-refractivity contribution in [3.63, 3.8) is 0 Å². The smallest absolute Gasteiger partial charge is 0.126 e. The van der Waals surface area contributed by atoms with Crippen LogP contribution in [0.5, 0.6) is 0 Å². The van der Waals surface area contributed by atoms with Crippen molar-refractivity contribution in [2.24, 2.45) is 5.73 Å². The summed E-state index contributed by atoms with van der Waals surface area (Å²) in [6.45, 7) is 3.18. The Kier molecular flexibility index (Phi) is 4.16. The Bertz CT molecular complexity index is 765. The topological polar surface area (TPSA) is 30.9 Å². The van der Waals surface area contributed by atoms with Gasteiger partial charge in [-0.15, -0.1) is 0 Å². The Labute approximate surface area is 131 Å². The lowest BCUT2D eigenvalue weighted by Crippen LogP contribution is -2.06. The van der Waals surface area contributed by atoms with E-state index in [1.165, 1.54) is 35.5 Å². The zero-order valence-corrected chi connectivity index (χ0v) is 13.3. The van der Waals surface area contributed by atoms with Gasteiger partial charge in [0.05, 0.1) is 5.52 Å². The van der Waals surface area contributed by atoms with Gasteiger partial charge in [-0.1, -0.05) is 18.2 Å². The van der Waals surface area contributed by atoms with Gasteiger partial charge >= 0.3 is 0 Å². The molecule has 0 atom stereocenters. The summed E-state index contributed by atoms with van der Waals surface area (Å²) in [7, 11) is 1.50. The van der Waals surface area contributed by atoms with E-state index in [-0.39, 0.29) is 5.83 Å². The van der Waals surface area contributed by atoms with Crippen LogP contribution in [0, 0.1) is 6.92 Å². The van der Waals surface area contributed by atoms with Crippen molar-refractivity contribution < 1.29 is 4.39 Å². The summed E-state index contributed by atoms with van der Waals surface area (Å²) in [4.78, 5) is 0. The van der Waals surface area contributed by atoms with Crippen LogP contribution in [-0.4, -0.2) is 11.6 Å². The van der Waals surface area contributed by atoms with Gasteiger partial charge in [0.2, 0.25) is 0 Å². The largest absolute Gasteiger partial charge is 0.347 e. The maximum Gasteiger partial charge on any atom is 0.126 e. The second-order valence-corrected chi connectivity index (χ2v) is 5.85. The molecule has 0 amide bonds. The summed E-state index contributed by atoms with van der Waals surface area (Å²) < 4.78 is 16.5. The molecule has 0 saturated heterocycles. The van der Waals surface area contributed by atoms with Gasteiger partial charge in [-0.2, -0.15) is 0 Å². The van der Waals surface area contributed by atoms with Crippen LogP contribution in [0.1, 0.15) is 36.0 Å². The summed E-state index contributed by atoms with van der Waals surface area (Å²) in [5.41, 5.74) is 10.4. The van der Waals surface area contributed by atoms with E-state index >= 15 is 0 Å². The molecule has 0 saturated carbocycles. The Morgan fingerprint density at radius 3 is 2.68 bits per heavy atom. The lowest BCUT2D eigenvalue weighted by molar-refractivity contribution is 0.634. The van der Waals surface area contributed by atoms with Gasteiger partial charge in [-0.3, -0.25) is 0 Å². The zero-order chi connectivity index (χ0) is 15.7. The lowest BCUT2D eigenvalue weighted by Gasteiger charge is -2.16. The minimum atomic E-state index is -0.0562. The molecule has 1 aromatic heterocycles. The highest BCUT2D eigenvalue weighted by molar-refractivity contribution is 6.00. The number of hydrogen-bond donors (Lipinski definition) is 1. The number of halogens is 1. The summed E-state index contributed by atoms with van der Waals surface area (Å²) in [5.74, 6) is -0.0562. The highest BCUT2D eigenvalue weighted by atomic mass is 19.1. The van der Waals surface area contributed by atoms with E-state index in [9.17, 15) is 4.39 Å². The Hall–Kier alpha value is -1.87. The molecule has 0 unspecified atom stereocenters. The second-order valence-electron chi connectivity index (χ2n) is 5.85. The number of hydrogen-bond acceptors (Lipinski definition) is 1. The molecule has 1 aliphatic carbocycles. The molecular formula is C19H23FN2. The van der Waals surface area contributed by atoms with Crippen molar-refractivity contribution in [2.45, 2.75) is 39.2 Å². The van der Waals surface area contributed by atoms with Gasteiger partial charge in [-0.25, -0.2) is 4.39 Å². The fourth-order valence-corrected chi connectivity index (χ4v) is 3.59. The summed E-state index contributed by atoms with van der Waals surface area (Å²) >= 11 is 0. The SMILES string of the molecule is CN.Cc1ccc2c3c1c(C1=CCCC=C1F)cn3CCC2. The van der Waals surface area contributed by atoms with E-state index in [0.29, 0.717) is 0 Å². The molecule has 2 N–H and O–H groups in total. The fraction of sp³-hybridized carbons (Fsp3) is 0.368. The van der Waals surface area contributed by atoms with E-state index in [1.807, 2.05) is 0 Å². The molecule has 2 nitrogen and oxygen atoms in total. The number of allylic oxidation sites excluding steroid dienone is 4. The molecule has 116 valence electrons. The molecule has 0 fully saturated rings. The highest BCUT2D eigenvalue weighted by Gasteiger charge is 2.21. The van der Waals surface area contributed by atoms with Crippen LogP contribution >= 0.6 is 0 Å². The first kappa shape index (κ1) is 15.0. The van der Waals surface area contributed by atoms with E-state index in [1.54, 1.807) is 6.08 Å². The molecule has 3 heteroatoms. The van der Waals surface area contributed by atoms with Crippen LogP contribution < -0.4 is 5.73 Å².